The number of benzene rings is 1. The van der Waals surface area contributed by atoms with E-state index in [2.05, 4.69) is 28.4 Å². The Bertz CT molecular complexity index is 376. The van der Waals surface area contributed by atoms with Gasteiger partial charge in [-0.1, -0.05) is 12.1 Å². The highest BCUT2D eigenvalue weighted by Gasteiger charge is 2.11. The minimum absolute atomic E-state index is 0.834. The number of ether oxygens (including phenoxy) is 2. The number of methoxy groups -OCH3 is 1. The van der Waals surface area contributed by atoms with Crippen molar-refractivity contribution in [2.75, 3.05) is 40.5 Å². The van der Waals surface area contributed by atoms with E-state index < -0.39 is 0 Å². The van der Waals surface area contributed by atoms with Crippen molar-refractivity contribution in [1.82, 2.24) is 10.2 Å². The van der Waals surface area contributed by atoms with Crippen molar-refractivity contribution >= 4 is 0 Å². The van der Waals surface area contributed by atoms with Crippen LogP contribution in [0.3, 0.4) is 0 Å². The summed E-state index contributed by atoms with van der Waals surface area (Å²) < 4.78 is 10.8. The van der Waals surface area contributed by atoms with Crippen LogP contribution in [0.1, 0.15) is 11.1 Å². The molecule has 1 saturated heterocycles. The van der Waals surface area contributed by atoms with E-state index in [-0.39, 0.29) is 0 Å². The summed E-state index contributed by atoms with van der Waals surface area (Å²) >= 11 is 0. The summed E-state index contributed by atoms with van der Waals surface area (Å²) in [5.74, 6) is 0.968. The van der Waals surface area contributed by atoms with Crippen molar-refractivity contribution in [1.29, 1.82) is 0 Å². The van der Waals surface area contributed by atoms with Crippen molar-refractivity contribution < 1.29 is 9.47 Å². The number of morpholine rings is 1. The molecule has 0 amide bonds. The maximum absolute atomic E-state index is 5.44. The maximum atomic E-state index is 5.44. The molecule has 2 rings (SSSR count). The molecule has 1 aliphatic rings. The number of nitrogens with one attached hydrogen (secondary N) is 1. The Balaban J connectivity index is 2.04. The lowest BCUT2D eigenvalue weighted by molar-refractivity contribution is 0.0341. The molecule has 0 aliphatic carbocycles. The first-order valence-electron chi connectivity index (χ1n) is 6.44. The Kier molecular flexibility index (Phi) is 4.99. The molecule has 0 spiro atoms. The first kappa shape index (κ1) is 13.3. The molecule has 0 unspecified atom stereocenters. The van der Waals surface area contributed by atoms with E-state index in [9.17, 15) is 0 Å². The first-order valence-corrected chi connectivity index (χ1v) is 6.44. The summed E-state index contributed by atoms with van der Waals surface area (Å²) in [6.07, 6.45) is 0. The molecule has 4 nitrogen and oxygen atoms in total. The smallest absolute Gasteiger partial charge is 0.123 e. The lowest BCUT2D eigenvalue weighted by Gasteiger charge is -2.26. The molecule has 100 valence electrons. The van der Waals surface area contributed by atoms with E-state index in [1.807, 2.05) is 7.05 Å². The summed E-state index contributed by atoms with van der Waals surface area (Å²) in [5, 5.41) is 3.15. The molecule has 1 N–H and O–H groups in total. The van der Waals surface area contributed by atoms with Crippen LogP contribution in [-0.2, 0) is 17.8 Å². The topological polar surface area (TPSA) is 33.7 Å². The molecule has 4 heteroatoms. The van der Waals surface area contributed by atoms with Gasteiger partial charge in [0, 0.05) is 31.7 Å². The maximum Gasteiger partial charge on any atom is 0.123 e. The molecule has 1 fully saturated rings. The Hall–Kier alpha value is -1.10. The second kappa shape index (κ2) is 6.73. The fourth-order valence-corrected chi connectivity index (χ4v) is 2.24. The summed E-state index contributed by atoms with van der Waals surface area (Å²) in [7, 11) is 3.67. The zero-order chi connectivity index (χ0) is 12.8. The van der Waals surface area contributed by atoms with Crippen LogP contribution in [0.5, 0.6) is 5.75 Å². The average Bonchev–Trinajstić information content (AvgIpc) is 2.42. The van der Waals surface area contributed by atoms with Crippen LogP contribution >= 0.6 is 0 Å². The van der Waals surface area contributed by atoms with E-state index in [4.69, 9.17) is 9.47 Å². The van der Waals surface area contributed by atoms with E-state index >= 15 is 0 Å². The van der Waals surface area contributed by atoms with Crippen LogP contribution in [0.2, 0.25) is 0 Å². The zero-order valence-corrected chi connectivity index (χ0v) is 11.2. The predicted molar refractivity (Wildman–Crippen MR) is 71.9 cm³/mol. The molecule has 0 atom stereocenters. The highest BCUT2D eigenvalue weighted by atomic mass is 16.5. The van der Waals surface area contributed by atoms with Crippen LogP contribution < -0.4 is 10.1 Å². The van der Waals surface area contributed by atoms with Crippen LogP contribution in [0.25, 0.3) is 0 Å². The highest BCUT2D eigenvalue weighted by molar-refractivity contribution is 5.37. The van der Waals surface area contributed by atoms with Gasteiger partial charge in [-0.3, -0.25) is 4.90 Å². The average molecular weight is 250 g/mol. The van der Waals surface area contributed by atoms with Crippen molar-refractivity contribution in [2.45, 2.75) is 13.1 Å². The second-order valence-corrected chi connectivity index (χ2v) is 4.57. The molecular formula is C14H22N2O2. The number of nitrogens with zero attached hydrogens (tertiary/aromatic N) is 1. The fourth-order valence-electron chi connectivity index (χ4n) is 2.24. The zero-order valence-electron chi connectivity index (χ0n) is 11.2. The molecule has 0 radical (unpaired) electrons. The summed E-state index contributed by atoms with van der Waals surface area (Å²) in [6.45, 7) is 5.52. The summed E-state index contributed by atoms with van der Waals surface area (Å²) in [4.78, 5) is 2.41. The van der Waals surface area contributed by atoms with Crippen LogP contribution in [0.4, 0.5) is 0 Å². The molecule has 1 aromatic rings. The molecular weight excluding hydrogens is 228 g/mol. The Labute approximate surface area is 109 Å². The van der Waals surface area contributed by atoms with Gasteiger partial charge in [-0.25, -0.2) is 0 Å². The molecule has 1 aliphatic heterocycles. The van der Waals surface area contributed by atoms with Gasteiger partial charge >= 0.3 is 0 Å². The third kappa shape index (κ3) is 3.45. The third-order valence-electron chi connectivity index (χ3n) is 3.23. The summed E-state index contributed by atoms with van der Waals surface area (Å²) in [5.41, 5.74) is 2.50. The first-order chi connectivity index (χ1) is 8.83. The third-order valence-corrected chi connectivity index (χ3v) is 3.23. The molecule has 0 saturated carbocycles. The Morgan fingerprint density at radius 2 is 2.11 bits per heavy atom. The minimum atomic E-state index is 0.834. The van der Waals surface area contributed by atoms with Gasteiger partial charge in [0.05, 0.1) is 20.3 Å². The molecule has 1 aromatic carbocycles. The monoisotopic (exact) mass is 250 g/mol. The lowest BCUT2D eigenvalue weighted by atomic mass is 10.1. The van der Waals surface area contributed by atoms with Gasteiger partial charge in [-0.15, -0.1) is 0 Å². The standard InChI is InChI=1S/C14H22N2O2/c1-15-10-13-4-3-12(9-14(13)17-2)11-16-5-7-18-8-6-16/h3-4,9,15H,5-8,10-11H2,1-2H3. The highest BCUT2D eigenvalue weighted by Crippen LogP contribution is 2.21. The Morgan fingerprint density at radius 1 is 1.33 bits per heavy atom. The van der Waals surface area contributed by atoms with E-state index in [0.29, 0.717) is 0 Å². The van der Waals surface area contributed by atoms with Gasteiger partial charge in [0.25, 0.3) is 0 Å². The predicted octanol–water partition coefficient (Wildman–Crippen LogP) is 1.25. The number of rotatable bonds is 5. The fraction of sp³-hybridized carbons (Fsp3) is 0.571. The lowest BCUT2D eigenvalue weighted by Crippen LogP contribution is -2.35. The number of hydrogen-bond donors (Lipinski definition) is 1. The largest absolute Gasteiger partial charge is 0.496 e. The minimum Gasteiger partial charge on any atom is -0.496 e. The van der Waals surface area contributed by atoms with Gasteiger partial charge < -0.3 is 14.8 Å². The van der Waals surface area contributed by atoms with Gasteiger partial charge in [-0.05, 0) is 18.7 Å². The molecule has 1 heterocycles. The Morgan fingerprint density at radius 3 is 2.78 bits per heavy atom. The normalized spacial score (nSPS) is 16.8. The molecule has 0 aromatic heterocycles. The van der Waals surface area contributed by atoms with Gasteiger partial charge in [0.15, 0.2) is 0 Å². The van der Waals surface area contributed by atoms with Crippen LogP contribution in [-0.4, -0.2) is 45.4 Å². The van der Waals surface area contributed by atoms with E-state index in [0.717, 1.165) is 45.1 Å². The van der Waals surface area contributed by atoms with Crippen molar-refractivity contribution in [3.8, 4) is 5.75 Å². The summed E-state index contributed by atoms with van der Waals surface area (Å²) in [6, 6.07) is 6.47. The second-order valence-electron chi connectivity index (χ2n) is 4.57. The van der Waals surface area contributed by atoms with Crippen LogP contribution in [0, 0.1) is 0 Å². The van der Waals surface area contributed by atoms with Gasteiger partial charge in [-0.2, -0.15) is 0 Å². The molecule has 0 bridgehead atoms. The van der Waals surface area contributed by atoms with Crippen molar-refractivity contribution in [3.05, 3.63) is 29.3 Å². The SMILES string of the molecule is CNCc1ccc(CN2CCOCC2)cc1OC. The number of hydrogen-bond acceptors (Lipinski definition) is 4. The van der Waals surface area contributed by atoms with Gasteiger partial charge in [0.1, 0.15) is 5.75 Å². The van der Waals surface area contributed by atoms with Crippen molar-refractivity contribution in [3.63, 3.8) is 0 Å². The van der Waals surface area contributed by atoms with Crippen LogP contribution in [0.15, 0.2) is 18.2 Å². The quantitative estimate of drug-likeness (QED) is 0.852. The van der Waals surface area contributed by atoms with E-state index in [1.165, 1.54) is 11.1 Å². The van der Waals surface area contributed by atoms with Gasteiger partial charge in [0.2, 0.25) is 0 Å². The molecule has 18 heavy (non-hydrogen) atoms. The van der Waals surface area contributed by atoms with E-state index in [1.54, 1.807) is 7.11 Å². The van der Waals surface area contributed by atoms with Crippen molar-refractivity contribution in [2.24, 2.45) is 0 Å².